The fourth-order valence-electron chi connectivity index (χ4n) is 3.84. The van der Waals surface area contributed by atoms with Gasteiger partial charge in [0.15, 0.2) is 0 Å². The Hall–Kier alpha value is -4.57. The Morgan fingerprint density at radius 2 is 2.03 bits per heavy atom. The molecule has 0 aromatic carbocycles. The average molecular weight is 457 g/mol. The van der Waals surface area contributed by atoms with Crippen molar-refractivity contribution < 1.29 is 14.3 Å². The number of hydrogen-bond donors (Lipinski definition) is 1. The summed E-state index contributed by atoms with van der Waals surface area (Å²) in [6.45, 7) is 4.50. The van der Waals surface area contributed by atoms with Crippen LogP contribution in [0.4, 0.5) is 5.82 Å². The van der Waals surface area contributed by atoms with Crippen LogP contribution in [0.5, 0.6) is 5.75 Å². The molecule has 10 heteroatoms. The largest absolute Gasteiger partial charge is 0.490 e. The number of nitrogens with zero attached hydrogens (tertiary/aromatic N) is 6. The number of piperazine rings is 1. The molecule has 1 aliphatic rings. The highest BCUT2D eigenvalue weighted by Crippen LogP contribution is 2.31. The Bertz CT molecular complexity index is 1290. The second-order valence-corrected chi connectivity index (χ2v) is 7.71. The van der Waals surface area contributed by atoms with Crippen molar-refractivity contribution in [3.63, 3.8) is 0 Å². The Balaban J connectivity index is 1.57. The van der Waals surface area contributed by atoms with Gasteiger partial charge in [0.1, 0.15) is 24.2 Å². The van der Waals surface area contributed by atoms with Crippen molar-refractivity contribution in [2.24, 2.45) is 0 Å². The van der Waals surface area contributed by atoms with Crippen molar-refractivity contribution in [1.29, 1.82) is 5.26 Å². The Labute approximate surface area is 196 Å². The van der Waals surface area contributed by atoms with Crippen LogP contribution >= 0.6 is 0 Å². The Morgan fingerprint density at radius 3 is 2.68 bits per heavy atom. The summed E-state index contributed by atoms with van der Waals surface area (Å²) in [4.78, 5) is 31.1. The lowest BCUT2D eigenvalue weighted by Gasteiger charge is -2.34. The molecule has 1 N–H and O–H groups in total. The van der Waals surface area contributed by atoms with E-state index in [1.54, 1.807) is 21.8 Å². The van der Waals surface area contributed by atoms with Crippen LogP contribution in [0.1, 0.15) is 12.5 Å². The molecule has 1 fully saturated rings. The maximum absolute atomic E-state index is 11.7. The molecule has 4 heterocycles. The molecule has 0 atom stereocenters. The summed E-state index contributed by atoms with van der Waals surface area (Å²) >= 11 is 0. The first kappa shape index (κ1) is 22.6. The number of rotatable bonds is 6. The predicted molar refractivity (Wildman–Crippen MR) is 125 cm³/mol. The van der Waals surface area contributed by atoms with Crippen LogP contribution in [0.3, 0.4) is 0 Å². The Kier molecular flexibility index (Phi) is 6.60. The zero-order valence-electron chi connectivity index (χ0n) is 18.7. The number of carbonyl (C=O) groups is 2. The van der Waals surface area contributed by atoms with E-state index in [1.807, 2.05) is 18.2 Å². The molecule has 1 saturated heterocycles. The fourth-order valence-corrected chi connectivity index (χ4v) is 3.84. The minimum absolute atomic E-state index is 0.124. The molecule has 172 valence electrons. The van der Waals surface area contributed by atoms with E-state index in [4.69, 9.17) is 11.2 Å². The number of aromatic nitrogens is 3. The summed E-state index contributed by atoms with van der Waals surface area (Å²) in [7, 11) is 0. The number of ether oxygens (including phenoxy) is 1. The SMILES string of the molecule is C#CC(=O)N1CCN(c2ccc(-c3cc(OCCNC(C)=O)cn4ncc(C#N)c34)cn2)CC1. The van der Waals surface area contributed by atoms with Crippen molar-refractivity contribution in [2.45, 2.75) is 6.92 Å². The highest BCUT2D eigenvalue weighted by atomic mass is 16.5. The van der Waals surface area contributed by atoms with Crippen LogP contribution in [0, 0.1) is 23.7 Å². The first-order valence-electron chi connectivity index (χ1n) is 10.8. The van der Waals surface area contributed by atoms with Gasteiger partial charge >= 0.3 is 0 Å². The monoisotopic (exact) mass is 457 g/mol. The normalized spacial score (nSPS) is 13.3. The minimum atomic E-state index is -0.291. The zero-order valence-corrected chi connectivity index (χ0v) is 18.7. The van der Waals surface area contributed by atoms with Crippen LogP contribution in [0.15, 0.2) is 36.8 Å². The van der Waals surface area contributed by atoms with E-state index in [0.29, 0.717) is 56.2 Å². The smallest absolute Gasteiger partial charge is 0.298 e. The van der Waals surface area contributed by atoms with Crippen molar-refractivity contribution in [2.75, 3.05) is 44.2 Å². The van der Waals surface area contributed by atoms with Gasteiger partial charge in [-0.05, 0) is 24.1 Å². The number of carbonyl (C=O) groups excluding carboxylic acids is 2. The van der Waals surface area contributed by atoms with Crippen molar-refractivity contribution in [3.8, 4) is 35.3 Å². The van der Waals surface area contributed by atoms with E-state index in [0.717, 1.165) is 16.9 Å². The van der Waals surface area contributed by atoms with E-state index < -0.39 is 0 Å². The summed E-state index contributed by atoms with van der Waals surface area (Å²) in [5, 5.41) is 16.5. The number of amides is 2. The molecule has 10 nitrogen and oxygen atoms in total. The van der Waals surface area contributed by atoms with Gasteiger partial charge in [0.25, 0.3) is 5.91 Å². The topological polar surface area (TPSA) is 116 Å². The van der Waals surface area contributed by atoms with Crippen molar-refractivity contribution >= 4 is 23.1 Å². The first-order valence-corrected chi connectivity index (χ1v) is 10.8. The summed E-state index contributed by atoms with van der Waals surface area (Å²) in [6, 6.07) is 7.87. The number of hydrogen-bond acceptors (Lipinski definition) is 7. The molecule has 0 spiro atoms. The van der Waals surface area contributed by atoms with Gasteiger partial charge < -0.3 is 19.9 Å². The summed E-state index contributed by atoms with van der Waals surface area (Å²) in [5.41, 5.74) is 2.67. The van der Waals surface area contributed by atoms with Gasteiger partial charge in [-0.15, -0.1) is 6.42 Å². The molecule has 0 radical (unpaired) electrons. The van der Waals surface area contributed by atoms with E-state index in [-0.39, 0.29) is 11.8 Å². The second-order valence-electron chi connectivity index (χ2n) is 7.71. The minimum Gasteiger partial charge on any atom is -0.490 e. The molecular formula is C24H23N7O3. The quantitative estimate of drug-likeness (QED) is 0.435. The predicted octanol–water partition coefficient (Wildman–Crippen LogP) is 1.06. The summed E-state index contributed by atoms with van der Waals surface area (Å²) in [6.07, 6.45) is 10.2. The number of fused-ring (bicyclic) bond motifs is 1. The lowest BCUT2D eigenvalue weighted by molar-refractivity contribution is -0.125. The Morgan fingerprint density at radius 1 is 1.24 bits per heavy atom. The first-order chi connectivity index (χ1) is 16.5. The van der Waals surface area contributed by atoms with Gasteiger partial charge in [-0.25, -0.2) is 9.50 Å². The number of nitriles is 1. The number of pyridine rings is 2. The molecule has 34 heavy (non-hydrogen) atoms. The molecule has 4 rings (SSSR count). The number of terminal acetylenes is 1. The summed E-state index contributed by atoms with van der Waals surface area (Å²) in [5.74, 6) is 3.09. The van der Waals surface area contributed by atoms with Gasteiger partial charge in [0.2, 0.25) is 5.91 Å². The van der Waals surface area contributed by atoms with Gasteiger partial charge in [0.05, 0.1) is 30.0 Å². The molecule has 2 amide bonds. The molecular weight excluding hydrogens is 434 g/mol. The maximum Gasteiger partial charge on any atom is 0.298 e. The van der Waals surface area contributed by atoms with E-state index in [1.165, 1.54) is 13.1 Å². The molecule has 1 aliphatic heterocycles. The van der Waals surface area contributed by atoms with E-state index in [9.17, 15) is 14.9 Å². The van der Waals surface area contributed by atoms with Crippen LogP contribution in [0.25, 0.3) is 16.6 Å². The molecule has 0 saturated carbocycles. The summed E-state index contributed by atoms with van der Waals surface area (Å²) < 4.78 is 7.40. The number of nitrogens with one attached hydrogen (secondary N) is 1. The van der Waals surface area contributed by atoms with Crippen LogP contribution in [-0.2, 0) is 9.59 Å². The van der Waals surface area contributed by atoms with Crippen LogP contribution in [0.2, 0.25) is 0 Å². The molecule has 0 bridgehead atoms. The third kappa shape index (κ3) is 4.76. The third-order valence-electron chi connectivity index (χ3n) is 5.53. The van der Waals surface area contributed by atoms with Crippen LogP contribution < -0.4 is 15.0 Å². The maximum atomic E-state index is 11.7. The van der Waals surface area contributed by atoms with Gasteiger partial charge in [0, 0.05) is 50.4 Å². The van der Waals surface area contributed by atoms with Crippen molar-refractivity contribution in [3.05, 3.63) is 42.4 Å². The highest BCUT2D eigenvalue weighted by Gasteiger charge is 2.21. The highest BCUT2D eigenvalue weighted by molar-refractivity contribution is 5.93. The number of anilines is 1. The van der Waals surface area contributed by atoms with Gasteiger partial charge in [-0.3, -0.25) is 9.59 Å². The molecule has 0 unspecified atom stereocenters. The molecule has 3 aromatic heterocycles. The lowest BCUT2D eigenvalue weighted by atomic mass is 10.1. The van der Waals surface area contributed by atoms with Crippen molar-refractivity contribution in [1.82, 2.24) is 24.8 Å². The molecule has 3 aromatic rings. The third-order valence-corrected chi connectivity index (χ3v) is 5.53. The fraction of sp³-hybridized carbons (Fsp3) is 0.292. The van der Waals surface area contributed by atoms with Gasteiger partial charge in [-0.1, -0.05) is 0 Å². The zero-order chi connectivity index (χ0) is 24.1. The van der Waals surface area contributed by atoms with E-state index in [2.05, 4.69) is 32.3 Å². The van der Waals surface area contributed by atoms with E-state index >= 15 is 0 Å². The van der Waals surface area contributed by atoms with Gasteiger partial charge in [-0.2, -0.15) is 10.4 Å². The molecule has 0 aliphatic carbocycles. The van der Waals surface area contributed by atoms with Crippen LogP contribution in [-0.4, -0.2) is 70.6 Å². The lowest BCUT2D eigenvalue weighted by Crippen LogP contribution is -2.48. The average Bonchev–Trinajstić information content (AvgIpc) is 3.29. The second kappa shape index (κ2) is 9.92. The standard InChI is InChI=1S/C24H23N7O3/c1-3-23(33)30-9-7-29(8-10-30)22-5-4-18(14-27-22)21-12-20(34-11-6-26-17(2)32)16-31-24(21)19(13-25)15-28-31/h1,4-5,12,14-16H,6-11H2,2H3,(H,26,32).